The van der Waals surface area contributed by atoms with Gasteiger partial charge in [0.25, 0.3) is 5.69 Å². The Kier molecular flexibility index (Phi) is 10.1. The maximum absolute atomic E-state index is 13.4. The van der Waals surface area contributed by atoms with Crippen molar-refractivity contribution in [3.8, 4) is 16.9 Å². The lowest BCUT2D eigenvalue weighted by molar-refractivity contribution is -0.384. The van der Waals surface area contributed by atoms with Gasteiger partial charge in [0, 0.05) is 36.1 Å². The van der Waals surface area contributed by atoms with Gasteiger partial charge in [0.2, 0.25) is 0 Å². The number of rotatable bonds is 13. The topological polar surface area (TPSA) is 155 Å². The molecule has 0 aliphatic heterocycles. The van der Waals surface area contributed by atoms with Gasteiger partial charge in [-0.3, -0.25) is 14.9 Å². The Hall–Kier alpha value is -4.88. The molecule has 0 radical (unpaired) electrons. The number of ether oxygens (including phenoxy) is 3. The molecule has 0 spiro atoms. The van der Waals surface area contributed by atoms with E-state index in [1.165, 1.54) is 12.1 Å². The van der Waals surface area contributed by atoms with Crippen molar-refractivity contribution in [2.75, 3.05) is 11.9 Å². The second kappa shape index (κ2) is 14.1. The summed E-state index contributed by atoms with van der Waals surface area (Å²) in [5.74, 6) is -0.176. The summed E-state index contributed by atoms with van der Waals surface area (Å²) in [4.78, 5) is 45.2. The molecule has 2 aliphatic carbocycles. The summed E-state index contributed by atoms with van der Waals surface area (Å²) in [5, 5.41) is 17.9. The largest absolute Gasteiger partial charge is 0.466 e. The van der Waals surface area contributed by atoms with Crippen molar-refractivity contribution >= 4 is 23.4 Å². The molecule has 2 aliphatic rings. The smallest absolute Gasteiger partial charge is 0.408 e. The Morgan fingerprint density at radius 3 is 2.46 bits per heavy atom. The molecule has 2 aromatic carbocycles. The van der Waals surface area contributed by atoms with Crippen LogP contribution in [0.1, 0.15) is 70.3 Å². The van der Waals surface area contributed by atoms with Crippen molar-refractivity contribution in [2.24, 2.45) is 11.8 Å². The highest BCUT2D eigenvalue weighted by Gasteiger charge is 2.45. The summed E-state index contributed by atoms with van der Waals surface area (Å²) in [6, 6.07) is 9.27. The molecule has 0 unspecified atom stereocenters. The van der Waals surface area contributed by atoms with Gasteiger partial charge in [-0.1, -0.05) is 12.1 Å². The van der Waals surface area contributed by atoms with Crippen molar-refractivity contribution in [3.05, 3.63) is 75.9 Å². The molecule has 12 nitrogen and oxygen atoms in total. The lowest BCUT2D eigenvalue weighted by Crippen LogP contribution is -2.53. The van der Waals surface area contributed by atoms with E-state index in [0.29, 0.717) is 53.8 Å². The van der Waals surface area contributed by atoms with Gasteiger partial charge in [-0.15, -0.1) is 0 Å². The minimum Gasteiger partial charge on any atom is -0.466 e. The fourth-order valence-corrected chi connectivity index (χ4v) is 5.86. The molecule has 1 heterocycles. The number of halogens is 2. The summed E-state index contributed by atoms with van der Waals surface area (Å²) in [6.07, 6.45) is 5.86. The highest BCUT2D eigenvalue weighted by Crippen LogP contribution is 2.44. The van der Waals surface area contributed by atoms with Gasteiger partial charge in [0.15, 0.2) is 5.82 Å². The van der Waals surface area contributed by atoms with Crippen molar-refractivity contribution < 1.29 is 37.5 Å². The first-order chi connectivity index (χ1) is 22.8. The van der Waals surface area contributed by atoms with E-state index in [-0.39, 0.29) is 48.1 Å². The van der Waals surface area contributed by atoms with E-state index >= 15 is 0 Å². The van der Waals surface area contributed by atoms with Crippen LogP contribution in [0.2, 0.25) is 0 Å². The van der Waals surface area contributed by atoms with Gasteiger partial charge in [0.1, 0.15) is 22.6 Å². The maximum atomic E-state index is 13.4. The number of amides is 1. The predicted octanol–water partition coefficient (Wildman–Crippen LogP) is 6.91. The minimum atomic E-state index is -3.08. The van der Waals surface area contributed by atoms with Crippen LogP contribution in [0.3, 0.4) is 0 Å². The Morgan fingerprint density at radius 1 is 1.12 bits per heavy atom. The van der Waals surface area contributed by atoms with Crippen LogP contribution in [0.4, 0.5) is 25.0 Å². The van der Waals surface area contributed by atoms with E-state index < -0.39 is 28.8 Å². The van der Waals surface area contributed by atoms with Gasteiger partial charge in [-0.05, 0) is 95.0 Å². The molecule has 48 heavy (non-hydrogen) atoms. The van der Waals surface area contributed by atoms with Gasteiger partial charge in [-0.25, -0.2) is 14.8 Å². The number of carbonyl (C=O) groups excluding carboxylic acids is 2. The Labute approximate surface area is 276 Å². The molecule has 14 heteroatoms. The summed E-state index contributed by atoms with van der Waals surface area (Å²) < 4.78 is 42.1. The van der Waals surface area contributed by atoms with E-state index in [1.807, 2.05) is 0 Å². The van der Waals surface area contributed by atoms with Crippen LogP contribution in [0.5, 0.6) is 5.75 Å². The number of aromatic nitrogens is 2. The zero-order valence-corrected chi connectivity index (χ0v) is 27.3. The predicted molar refractivity (Wildman–Crippen MR) is 171 cm³/mol. The standard InChI is InChI=1S/C34H39F2N5O7/c1-5-46-29(42)24-15-22(24)14-21-8-6-9-28(47-31(35)36)25(21)19-37-26-16-20(10-11-27(26)41(44)45)23-17-38-30(39-18-23)34(12-7-13-34)40-32(43)48-33(2,3)4/h6,8-11,16-18,22,24,31,37H,5,7,12-15,19H2,1-4H3,(H,40,43)/t22-,24-/m0/s1. The third-order valence-electron chi connectivity index (χ3n) is 8.45. The number of nitro benzene ring substituents is 1. The molecular weight excluding hydrogens is 628 g/mol. The first-order valence-electron chi connectivity index (χ1n) is 15.9. The van der Waals surface area contributed by atoms with Crippen LogP contribution in [-0.4, -0.2) is 45.8 Å². The van der Waals surface area contributed by atoms with Gasteiger partial charge >= 0.3 is 18.7 Å². The molecule has 2 N–H and O–H groups in total. The summed E-state index contributed by atoms with van der Waals surface area (Å²) in [6.45, 7) is 4.21. The molecule has 1 aromatic heterocycles. The third kappa shape index (κ3) is 8.15. The lowest BCUT2D eigenvalue weighted by Gasteiger charge is -2.41. The minimum absolute atomic E-state index is 0.0105. The van der Waals surface area contributed by atoms with E-state index in [0.717, 1.165) is 6.42 Å². The van der Waals surface area contributed by atoms with E-state index in [2.05, 4.69) is 20.6 Å². The monoisotopic (exact) mass is 667 g/mol. The molecule has 5 rings (SSSR count). The van der Waals surface area contributed by atoms with Crippen LogP contribution in [0.25, 0.3) is 11.1 Å². The SMILES string of the molecule is CCOC(=O)[C@H]1C[C@@H]1Cc1cccc(OC(F)F)c1CNc1cc(-c2cnc(C3(NC(=O)OC(C)(C)C)CCC3)nc2)ccc1[N+](=O)[O-]. The van der Waals surface area contributed by atoms with Gasteiger partial charge in [-0.2, -0.15) is 8.78 Å². The zero-order chi connectivity index (χ0) is 34.6. The number of hydrogen-bond donors (Lipinski definition) is 2. The maximum Gasteiger partial charge on any atom is 0.408 e. The molecule has 2 fully saturated rings. The van der Waals surface area contributed by atoms with E-state index in [4.69, 9.17) is 14.2 Å². The van der Waals surface area contributed by atoms with Crippen molar-refractivity contribution in [3.63, 3.8) is 0 Å². The molecule has 1 amide bonds. The van der Waals surface area contributed by atoms with Crippen molar-refractivity contribution in [1.29, 1.82) is 0 Å². The van der Waals surface area contributed by atoms with Crippen LogP contribution in [0, 0.1) is 22.0 Å². The van der Waals surface area contributed by atoms with Gasteiger partial charge in [0.05, 0.1) is 17.4 Å². The lowest BCUT2D eigenvalue weighted by atomic mass is 9.76. The first-order valence-corrected chi connectivity index (χ1v) is 15.9. The number of esters is 1. The molecule has 2 saturated carbocycles. The summed E-state index contributed by atoms with van der Waals surface area (Å²) in [5.41, 5.74) is 0.765. The number of anilines is 1. The fraction of sp³-hybridized carbons (Fsp3) is 0.471. The average Bonchev–Trinajstić information content (AvgIpc) is 3.77. The van der Waals surface area contributed by atoms with Crippen LogP contribution in [0.15, 0.2) is 48.8 Å². The number of nitro groups is 1. The number of nitrogens with one attached hydrogen (secondary N) is 2. The highest BCUT2D eigenvalue weighted by molar-refractivity contribution is 5.76. The summed E-state index contributed by atoms with van der Waals surface area (Å²) >= 11 is 0. The van der Waals surface area contributed by atoms with E-state index in [9.17, 15) is 28.5 Å². The zero-order valence-electron chi connectivity index (χ0n) is 27.3. The molecule has 0 bridgehead atoms. The summed E-state index contributed by atoms with van der Waals surface area (Å²) in [7, 11) is 0. The molecule has 2 atom stereocenters. The number of alkyl halides is 2. The number of hydrogen-bond acceptors (Lipinski definition) is 10. The van der Waals surface area contributed by atoms with Crippen molar-refractivity contribution in [1.82, 2.24) is 15.3 Å². The van der Waals surface area contributed by atoms with Crippen LogP contribution < -0.4 is 15.4 Å². The number of benzene rings is 2. The molecular formula is C34H39F2N5O7. The molecule has 3 aromatic rings. The molecule has 256 valence electrons. The van der Waals surface area contributed by atoms with E-state index in [1.54, 1.807) is 64.4 Å². The second-order valence-corrected chi connectivity index (χ2v) is 13.0. The first kappa shape index (κ1) is 34.5. The van der Waals surface area contributed by atoms with Gasteiger partial charge < -0.3 is 24.8 Å². The number of alkyl carbamates (subject to hydrolysis) is 1. The third-order valence-corrected chi connectivity index (χ3v) is 8.45. The normalized spacial score (nSPS) is 18.0. The quantitative estimate of drug-likeness (QED) is 0.112. The van der Waals surface area contributed by atoms with Crippen LogP contribution >= 0.6 is 0 Å². The Morgan fingerprint density at radius 2 is 1.85 bits per heavy atom. The average molecular weight is 668 g/mol. The highest BCUT2D eigenvalue weighted by atomic mass is 19.3. The Bertz CT molecular complexity index is 1660. The number of carbonyl (C=O) groups is 2. The Balaban J connectivity index is 1.37. The second-order valence-electron chi connectivity index (χ2n) is 13.0. The van der Waals surface area contributed by atoms with Crippen LogP contribution in [-0.2, 0) is 32.8 Å². The molecule has 0 saturated heterocycles. The number of nitrogens with zero attached hydrogens (tertiary/aromatic N) is 3. The van der Waals surface area contributed by atoms with Crippen molar-refractivity contribution in [2.45, 2.75) is 84.1 Å². The fourth-order valence-electron chi connectivity index (χ4n) is 5.86.